The van der Waals surface area contributed by atoms with E-state index in [1.54, 1.807) is 7.11 Å². The van der Waals surface area contributed by atoms with Gasteiger partial charge in [-0.05, 0) is 54.7 Å². The maximum atomic E-state index is 12.9. The molecule has 2 aromatic rings. The third-order valence-electron chi connectivity index (χ3n) is 5.02. The lowest BCUT2D eigenvalue weighted by atomic mass is 10.0. The molecule has 4 rings (SSSR count). The number of hydrogen-bond acceptors (Lipinski definition) is 3. The van der Waals surface area contributed by atoms with E-state index in [0.29, 0.717) is 6.54 Å². The molecular formula is C20H22N2O2. The zero-order valence-corrected chi connectivity index (χ0v) is 14.0. The van der Waals surface area contributed by atoms with E-state index in [0.717, 1.165) is 43.8 Å². The van der Waals surface area contributed by atoms with Crippen LogP contribution >= 0.6 is 0 Å². The molecular weight excluding hydrogens is 300 g/mol. The van der Waals surface area contributed by atoms with E-state index in [-0.39, 0.29) is 5.91 Å². The van der Waals surface area contributed by atoms with Gasteiger partial charge in [0.1, 0.15) is 5.75 Å². The van der Waals surface area contributed by atoms with Crippen LogP contribution in [0.4, 0.5) is 11.4 Å². The normalized spacial score (nSPS) is 15.9. The molecule has 0 atom stereocenters. The second-order valence-corrected chi connectivity index (χ2v) is 6.44. The number of para-hydroxylation sites is 1. The zero-order valence-electron chi connectivity index (χ0n) is 14.0. The molecule has 0 saturated heterocycles. The van der Waals surface area contributed by atoms with Gasteiger partial charge in [-0.25, -0.2) is 0 Å². The first-order valence-electron chi connectivity index (χ1n) is 8.56. The molecule has 0 unspecified atom stereocenters. The Bertz CT molecular complexity index is 772. The van der Waals surface area contributed by atoms with Crippen molar-refractivity contribution in [2.24, 2.45) is 0 Å². The van der Waals surface area contributed by atoms with Crippen molar-refractivity contribution < 1.29 is 9.53 Å². The molecule has 4 nitrogen and oxygen atoms in total. The third kappa shape index (κ3) is 2.62. The predicted molar refractivity (Wildman–Crippen MR) is 96.0 cm³/mol. The second kappa shape index (κ2) is 6.19. The quantitative estimate of drug-likeness (QED) is 0.871. The van der Waals surface area contributed by atoms with Crippen molar-refractivity contribution in [3.05, 3.63) is 53.6 Å². The number of nitrogens with zero attached hydrogens (tertiary/aromatic N) is 2. The highest BCUT2D eigenvalue weighted by atomic mass is 16.5. The molecule has 0 aromatic heterocycles. The lowest BCUT2D eigenvalue weighted by Gasteiger charge is -2.31. The fourth-order valence-corrected chi connectivity index (χ4v) is 3.78. The van der Waals surface area contributed by atoms with Crippen LogP contribution in [-0.4, -0.2) is 32.7 Å². The number of carbonyl (C=O) groups is 1. The van der Waals surface area contributed by atoms with Crippen LogP contribution in [-0.2, 0) is 17.6 Å². The second-order valence-electron chi connectivity index (χ2n) is 6.44. The van der Waals surface area contributed by atoms with Crippen molar-refractivity contribution in [1.82, 2.24) is 0 Å². The summed E-state index contributed by atoms with van der Waals surface area (Å²) in [5.41, 5.74) is 4.79. The van der Waals surface area contributed by atoms with Crippen LogP contribution in [0.15, 0.2) is 42.5 Å². The molecule has 0 N–H and O–H groups in total. The largest absolute Gasteiger partial charge is 0.497 e. The summed E-state index contributed by atoms with van der Waals surface area (Å²) < 4.78 is 5.31. The van der Waals surface area contributed by atoms with Crippen LogP contribution in [0.25, 0.3) is 0 Å². The van der Waals surface area contributed by atoms with E-state index in [4.69, 9.17) is 4.74 Å². The molecule has 0 aliphatic carbocycles. The maximum absolute atomic E-state index is 12.9. The summed E-state index contributed by atoms with van der Waals surface area (Å²) in [5, 5.41) is 0. The Hall–Kier alpha value is -2.49. The van der Waals surface area contributed by atoms with Gasteiger partial charge < -0.3 is 14.5 Å². The Morgan fingerprint density at radius 2 is 1.92 bits per heavy atom. The Morgan fingerprint density at radius 3 is 2.79 bits per heavy atom. The van der Waals surface area contributed by atoms with Gasteiger partial charge in [0.25, 0.3) is 0 Å². The molecule has 4 heteroatoms. The summed E-state index contributed by atoms with van der Waals surface area (Å²) in [7, 11) is 1.68. The number of aryl methyl sites for hydroxylation is 1. The standard InChI is InChI=1S/C20H22N2O2/c1-24-17-8-9-19-16(13-17)6-4-11-22(19)20(23)14-21-12-10-15-5-2-3-7-18(15)21/h2-3,5,7-9,13H,4,6,10-12,14H2,1H3. The van der Waals surface area contributed by atoms with E-state index in [2.05, 4.69) is 29.2 Å². The summed E-state index contributed by atoms with van der Waals surface area (Å²) >= 11 is 0. The van der Waals surface area contributed by atoms with Crippen LogP contribution in [0, 0.1) is 0 Å². The van der Waals surface area contributed by atoms with Gasteiger partial charge in [0, 0.05) is 24.5 Å². The average Bonchev–Trinajstić information content (AvgIpc) is 3.03. The summed E-state index contributed by atoms with van der Waals surface area (Å²) in [6.45, 7) is 2.17. The van der Waals surface area contributed by atoms with Crippen molar-refractivity contribution in [1.29, 1.82) is 0 Å². The van der Waals surface area contributed by atoms with Gasteiger partial charge in [0.15, 0.2) is 0 Å². The summed E-state index contributed by atoms with van der Waals surface area (Å²) in [5.74, 6) is 1.04. The molecule has 0 bridgehead atoms. The molecule has 2 aliphatic rings. The molecule has 0 saturated carbocycles. The molecule has 2 aliphatic heterocycles. The first kappa shape index (κ1) is 15.1. The van der Waals surface area contributed by atoms with Gasteiger partial charge in [-0.1, -0.05) is 18.2 Å². The number of methoxy groups -OCH3 is 1. The van der Waals surface area contributed by atoms with Crippen LogP contribution in [0.3, 0.4) is 0 Å². The van der Waals surface area contributed by atoms with E-state index >= 15 is 0 Å². The minimum atomic E-state index is 0.179. The highest BCUT2D eigenvalue weighted by Gasteiger charge is 2.27. The zero-order chi connectivity index (χ0) is 16.5. The molecule has 2 aromatic carbocycles. The number of benzene rings is 2. The number of rotatable bonds is 3. The number of amides is 1. The van der Waals surface area contributed by atoms with E-state index < -0.39 is 0 Å². The third-order valence-corrected chi connectivity index (χ3v) is 5.02. The molecule has 24 heavy (non-hydrogen) atoms. The molecule has 1 amide bonds. The fraction of sp³-hybridized carbons (Fsp3) is 0.350. The number of anilines is 2. The first-order valence-corrected chi connectivity index (χ1v) is 8.56. The lowest BCUT2D eigenvalue weighted by molar-refractivity contribution is -0.117. The van der Waals surface area contributed by atoms with Crippen molar-refractivity contribution in [2.75, 3.05) is 36.5 Å². The Labute approximate surface area is 142 Å². The van der Waals surface area contributed by atoms with Crippen molar-refractivity contribution in [3.63, 3.8) is 0 Å². The van der Waals surface area contributed by atoms with E-state index in [1.807, 2.05) is 23.1 Å². The molecule has 2 heterocycles. The van der Waals surface area contributed by atoms with Crippen LogP contribution in [0.5, 0.6) is 5.75 Å². The number of fused-ring (bicyclic) bond motifs is 2. The summed E-state index contributed by atoms with van der Waals surface area (Å²) in [6.07, 6.45) is 3.03. The van der Waals surface area contributed by atoms with Crippen molar-refractivity contribution in [3.8, 4) is 5.75 Å². The highest BCUT2D eigenvalue weighted by molar-refractivity contribution is 5.97. The monoisotopic (exact) mass is 322 g/mol. The van der Waals surface area contributed by atoms with Crippen LogP contribution in [0.1, 0.15) is 17.5 Å². The summed E-state index contributed by atoms with van der Waals surface area (Å²) in [4.78, 5) is 17.1. The SMILES string of the molecule is COc1ccc2c(c1)CCCN2C(=O)CN1CCc2ccccc21. The van der Waals surface area contributed by atoms with E-state index in [1.165, 1.54) is 16.8 Å². The molecule has 124 valence electrons. The first-order chi connectivity index (χ1) is 11.8. The minimum Gasteiger partial charge on any atom is -0.497 e. The smallest absolute Gasteiger partial charge is 0.246 e. The predicted octanol–water partition coefficient (Wildman–Crippen LogP) is 3.04. The minimum absolute atomic E-state index is 0.179. The Balaban J connectivity index is 1.54. The average molecular weight is 322 g/mol. The Kier molecular flexibility index (Phi) is 3.89. The number of ether oxygens (including phenoxy) is 1. The van der Waals surface area contributed by atoms with Gasteiger partial charge in [0.05, 0.1) is 13.7 Å². The van der Waals surface area contributed by atoms with Gasteiger partial charge in [0.2, 0.25) is 5.91 Å². The van der Waals surface area contributed by atoms with Crippen LogP contribution < -0.4 is 14.5 Å². The fourth-order valence-electron chi connectivity index (χ4n) is 3.78. The van der Waals surface area contributed by atoms with Gasteiger partial charge in [-0.2, -0.15) is 0 Å². The van der Waals surface area contributed by atoms with Crippen molar-refractivity contribution >= 4 is 17.3 Å². The Morgan fingerprint density at radius 1 is 1.04 bits per heavy atom. The van der Waals surface area contributed by atoms with Crippen LogP contribution in [0.2, 0.25) is 0 Å². The van der Waals surface area contributed by atoms with Gasteiger partial charge in [-0.3, -0.25) is 4.79 Å². The van der Waals surface area contributed by atoms with E-state index in [9.17, 15) is 4.79 Å². The number of hydrogen-bond donors (Lipinski definition) is 0. The highest BCUT2D eigenvalue weighted by Crippen LogP contribution is 2.32. The van der Waals surface area contributed by atoms with Gasteiger partial charge >= 0.3 is 0 Å². The maximum Gasteiger partial charge on any atom is 0.246 e. The molecule has 0 spiro atoms. The lowest BCUT2D eigenvalue weighted by Crippen LogP contribution is -2.42. The topological polar surface area (TPSA) is 32.8 Å². The summed E-state index contributed by atoms with van der Waals surface area (Å²) in [6, 6.07) is 14.4. The van der Waals surface area contributed by atoms with Gasteiger partial charge in [-0.15, -0.1) is 0 Å². The molecule has 0 fully saturated rings. The molecule has 0 radical (unpaired) electrons. The van der Waals surface area contributed by atoms with Crippen molar-refractivity contribution in [2.45, 2.75) is 19.3 Å². The number of carbonyl (C=O) groups excluding carboxylic acids is 1.